The van der Waals surface area contributed by atoms with Crippen molar-refractivity contribution in [2.24, 2.45) is 0 Å². The molecule has 0 saturated heterocycles. The van der Waals surface area contributed by atoms with Gasteiger partial charge in [0.15, 0.2) is 0 Å². The lowest BCUT2D eigenvalue weighted by molar-refractivity contribution is -0.117. The van der Waals surface area contributed by atoms with E-state index in [0.29, 0.717) is 30.1 Å². The van der Waals surface area contributed by atoms with Crippen molar-refractivity contribution in [2.45, 2.75) is 26.8 Å². The van der Waals surface area contributed by atoms with Crippen LogP contribution in [0.25, 0.3) is 0 Å². The number of hydrogen-bond donors (Lipinski definition) is 0. The molecule has 1 aromatic carbocycles. The smallest absolute Gasteiger partial charge is 0.131 e. The van der Waals surface area contributed by atoms with Crippen LogP contribution < -0.4 is 0 Å². The molecule has 94 valence electrons. The monoisotopic (exact) mass is 257 g/mol. The second-order valence-corrected chi connectivity index (χ2v) is 4.79. The molecule has 0 aliphatic rings. The highest BCUT2D eigenvalue weighted by Crippen LogP contribution is 2.21. The van der Waals surface area contributed by atoms with Gasteiger partial charge in [0.05, 0.1) is 0 Å². The minimum Gasteiger partial charge on any atom is -0.302 e. The van der Waals surface area contributed by atoms with E-state index >= 15 is 0 Å². The summed E-state index contributed by atoms with van der Waals surface area (Å²) in [6.45, 7) is 4.45. The molecule has 4 heteroatoms. The van der Waals surface area contributed by atoms with Crippen LogP contribution >= 0.6 is 11.6 Å². The van der Waals surface area contributed by atoms with Gasteiger partial charge < -0.3 is 4.90 Å². The summed E-state index contributed by atoms with van der Waals surface area (Å²) >= 11 is 6.05. The van der Waals surface area contributed by atoms with Crippen LogP contribution in [0.15, 0.2) is 12.1 Å². The minimum atomic E-state index is -0.246. The number of carbonyl (C=O) groups is 1. The normalized spacial score (nSPS) is 10.9. The van der Waals surface area contributed by atoms with Crippen LogP contribution in [0.5, 0.6) is 0 Å². The summed E-state index contributed by atoms with van der Waals surface area (Å²) in [5.41, 5.74) is 1.30. The second-order valence-electron chi connectivity index (χ2n) is 4.38. The molecule has 0 aliphatic heterocycles. The number of Topliss-reactive ketones (excluding diaryl/α,β-unsaturated/α-hetero) is 1. The summed E-state index contributed by atoms with van der Waals surface area (Å²) in [5, 5.41) is 0.568. The standard InChI is InChI=1S/C13H17ClFNO/c1-9-6-12(14)11(7-13(9)15)8-16(3)5-4-10(2)17/h6-7H,4-5,8H2,1-3H3. The van der Waals surface area contributed by atoms with Crippen LogP contribution in [0.4, 0.5) is 4.39 Å². The Labute approximate surface area is 106 Å². The molecule has 0 spiro atoms. The highest BCUT2D eigenvalue weighted by molar-refractivity contribution is 6.31. The zero-order chi connectivity index (χ0) is 13.0. The minimum absolute atomic E-state index is 0.151. The number of rotatable bonds is 5. The molecular weight excluding hydrogens is 241 g/mol. The average molecular weight is 258 g/mol. The Bertz CT molecular complexity index is 420. The van der Waals surface area contributed by atoms with Crippen LogP contribution in [0.2, 0.25) is 5.02 Å². The lowest BCUT2D eigenvalue weighted by atomic mass is 10.1. The Morgan fingerprint density at radius 2 is 2.12 bits per heavy atom. The highest BCUT2D eigenvalue weighted by Gasteiger charge is 2.08. The molecule has 0 saturated carbocycles. The predicted octanol–water partition coefficient (Wildman–Crippen LogP) is 3.20. The van der Waals surface area contributed by atoms with Gasteiger partial charge in [0, 0.05) is 24.5 Å². The lowest BCUT2D eigenvalue weighted by Gasteiger charge is -2.17. The molecule has 0 aromatic heterocycles. The van der Waals surface area contributed by atoms with Crippen LogP contribution in [0.1, 0.15) is 24.5 Å². The van der Waals surface area contributed by atoms with Gasteiger partial charge >= 0.3 is 0 Å². The Hall–Kier alpha value is -0.930. The first-order valence-corrected chi connectivity index (χ1v) is 5.90. The molecule has 0 bridgehead atoms. The third-order valence-corrected chi connectivity index (χ3v) is 2.97. The summed E-state index contributed by atoms with van der Waals surface area (Å²) in [6, 6.07) is 3.09. The molecule has 1 aromatic rings. The second kappa shape index (κ2) is 6.12. The molecule has 0 N–H and O–H groups in total. The van der Waals surface area contributed by atoms with Gasteiger partial charge in [0.1, 0.15) is 11.6 Å². The molecule has 0 fully saturated rings. The Balaban J connectivity index is 2.68. The molecule has 0 atom stereocenters. The summed E-state index contributed by atoms with van der Waals surface area (Å²) in [5.74, 6) is -0.0950. The third-order valence-electron chi connectivity index (χ3n) is 2.61. The number of halogens is 2. The van der Waals surface area contributed by atoms with Gasteiger partial charge in [0.25, 0.3) is 0 Å². The maximum Gasteiger partial charge on any atom is 0.131 e. The lowest BCUT2D eigenvalue weighted by Crippen LogP contribution is -2.21. The Morgan fingerprint density at radius 3 is 2.71 bits per heavy atom. The quantitative estimate of drug-likeness (QED) is 0.807. The highest BCUT2D eigenvalue weighted by atomic mass is 35.5. The number of hydrogen-bond acceptors (Lipinski definition) is 2. The van der Waals surface area contributed by atoms with E-state index in [1.54, 1.807) is 19.9 Å². The maximum absolute atomic E-state index is 13.4. The van der Waals surface area contributed by atoms with E-state index in [2.05, 4.69) is 0 Å². The van der Waals surface area contributed by atoms with E-state index in [4.69, 9.17) is 11.6 Å². The fourth-order valence-corrected chi connectivity index (χ4v) is 1.80. The number of ketones is 1. The van der Waals surface area contributed by atoms with Crippen molar-refractivity contribution in [3.05, 3.63) is 34.1 Å². The van der Waals surface area contributed by atoms with Crippen LogP contribution in [0.3, 0.4) is 0 Å². The van der Waals surface area contributed by atoms with E-state index in [1.165, 1.54) is 6.07 Å². The molecule has 0 radical (unpaired) electrons. The third kappa shape index (κ3) is 4.44. The first-order valence-electron chi connectivity index (χ1n) is 5.52. The van der Waals surface area contributed by atoms with Crippen molar-refractivity contribution in [3.8, 4) is 0 Å². The molecule has 17 heavy (non-hydrogen) atoms. The zero-order valence-corrected chi connectivity index (χ0v) is 11.1. The van der Waals surface area contributed by atoms with Crippen LogP contribution in [0, 0.1) is 12.7 Å². The molecular formula is C13H17ClFNO. The fourth-order valence-electron chi connectivity index (χ4n) is 1.53. The largest absolute Gasteiger partial charge is 0.302 e. The number of aryl methyl sites for hydroxylation is 1. The van der Waals surface area contributed by atoms with Crippen LogP contribution in [-0.2, 0) is 11.3 Å². The van der Waals surface area contributed by atoms with Gasteiger partial charge in [0.2, 0.25) is 0 Å². The predicted molar refractivity (Wildman–Crippen MR) is 67.8 cm³/mol. The summed E-state index contributed by atoms with van der Waals surface area (Å²) in [6.07, 6.45) is 0.502. The van der Waals surface area contributed by atoms with Gasteiger partial charge in [-0.1, -0.05) is 11.6 Å². The fraction of sp³-hybridized carbons (Fsp3) is 0.462. The topological polar surface area (TPSA) is 20.3 Å². The molecule has 2 nitrogen and oxygen atoms in total. The van der Waals surface area contributed by atoms with E-state index in [1.807, 2.05) is 11.9 Å². The average Bonchev–Trinajstić information content (AvgIpc) is 2.23. The first kappa shape index (κ1) is 14.1. The molecule has 0 unspecified atom stereocenters. The van der Waals surface area contributed by atoms with Crippen molar-refractivity contribution in [1.29, 1.82) is 0 Å². The van der Waals surface area contributed by atoms with E-state index in [0.717, 1.165) is 5.56 Å². The summed E-state index contributed by atoms with van der Waals surface area (Å²) < 4.78 is 13.4. The van der Waals surface area contributed by atoms with Crippen molar-refractivity contribution < 1.29 is 9.18 Å². The Kier molecular flexibility index (Phi) is 5.09. The number of carbonyl (C=O) groups excluding carboxylic acids is 1. The van der Waals surface area contributed by atoms with E-state index < -0.39 is 0 Å². The van der Waals surface area contributed by atoms with E-state index in [9.17, 15) is 9.18 Å². The number of benzene rings is 1. The molecule has 0 heterocycles. The van der Waals surface area contributed by atoms with Gasteiger partial charge in [-0.05, 0) is 44.2 Å². The van der Waals surface area contributed by atoms with Crippen molar-refractivity contribution in [1.82, 2.24) is 4.90 Å². The van der Waals surface area contributed by atoms with Gasteiger partial charge in [-0.15, -0.1) is 0 Å². The number of nitrogens with zero attached hydrogens (tertiary/aromatic N) is 1. The van der Waals surface area contributed by atoms with E-state index in [-0.39, 0.29) is 11.6 Å². The Morgan fingerprint density at radius 1 is 1.47 bits per heavy atom. The SMILES string of the molecule is CC(=O)CCN(C)Cc1cc(F)c(C)cc1Cl. The molecule has 0 amide bonds. The van der Waals surface area contributed by atoms with Crippen molar-refractivity contribution in [2.75, 3.05) is 13.6 Å². The summed E-state index contributed by atoms with van der Waals surface area (Å²) in [4.78, 5) is 12.8. The van der Waals surface area contributed by atoms with Crippen molar-refractivity contribution in [3.63, 3.8) is 0 Å². The first-order chi connectivity index (χ1) is 7.90. The molecule has 0 aliphatic carbocycles. The van der Waals surface area contributed by atoms with Gasteiger partial charge in [-0.2, -0.15) is 0 Å². The maximum atomic E-state index is 13.4. The van der Waals surface area contributed by atoms with Gasteiger partial charge in [-0.25, -0.2) is 4.39 Å². The zero-order valence-electron chi connectivity index (χ0n) is 10.4. The van der Waals surface area contributed by atoms with Crippen LogP contribution in [-0.4, -0.2) is 24.3 Å². The molecule has 1 rings (SSSR count). The van der Waals surface area contributed by atoms with Crippen molar-refractivity contribution >= 4 is 17.4 Å². The summed E-state index contributed by atoms with van der Waals surface area (Å²) in [7, 11) is 1.89. The van der Waals surface area contributed by atoms with Gasteiger partial charge in [-0.3, -0.25) is 4.79 Å².